The quantitative estimate of drug-likeness (QED) is 0.320. The number of aliphatic imine (C=N–C) groups is 1. The van der Waals surface area contributed by atoms with E-state index in [4.69, 9.17) is 9.94 Å². The molecule has 0 aromatic rings. The van der Waals surface area contributed by atoms with E-state index < -0.39 is 0 Å². The van der Waals surface area contributed by atoms with E-state index in [2.05, 4.69) is 15.7 Å². The van der Waals surface area contributed by atoms with E-state index in [0.29, 0.717) is 12.5 Å². The fraction of sp³-hybridized carbons (Fsp3) is 0.857. The number of nitrogens with zero attached hydrogens (tertiary/aromatic N) is 2. The van der Waals surface area contributed by atoms with Crippen molar-refractivity contribution in [1.29, 1.82) is 0 Å². The first-order valence-corrected chi connectivity index (χ1v) is 4.43. The van der Waals surface area contributed by atoms with E-state index in [1.807, 2.05) is 0 Å². The highest BCUT2D eigenvalue weighted by Gasteiger charge is 2.17. The number of hydrogen-bond donors (Lipinski definition) is 3. The Kier molecular flexibility index (Phi) is 4.11. The molecule has 0 amide bonds. The van der Waals surface area contributed by atoms with E-state index in [0.717, 1.165) is 19.6 Å². The first-order chi connectivity index (χ1) is 6.72. The van der Waals surface area contributed by atoms with Gasteiger partial charge in [-0.2, -0.15) is 0 Å². The van der Waals surface area contributed by atoms with Crippen molar-refractivity contribution in [3.05, 3.63) is 4.91 Å². The fourth-order valence-corrected chi connectivity index (χ4v) is 1.24. The molecule has 0 aliphatic carbocycles. The molecule has 0 aromatic carbocycles. The average molecular weight is 203 g/mol. The van der Waals surface area contributed by atoms with Gasteiger partial charge in [0.2, 0.25) is 0 Å². The second-order valence-corrected chi connectivity index (χ2v) is 3.07. The molecule has 1 fully saturated rings. The van der Waals surface area contributed by atoms with Crippen molar-refractivity contribution >= 4 is 5.96 Å². The second kappa shape index (κ2) is 5.38. The minimum absolute atomic E-state index is 0.245. The van der Waals surface area contributed by atoms with Crippen molar-refractivity contribution < 1.29 is 15.0 Å². The fourth-order valence-electron chi connectivity index (χ4n) is 1.24. The Labute approximate surface area is 81.7 Å². The number of nitrogens with one attached hydrogen (secondary N) is 2. The number of hydrazine groups is 1. The third-order valence-electron chi connectivity index (χ3n) is 2.01. The summed E-state index contributed by atoms with van der Waals surface area (Å²) in [7, 11) is 1.52. The van der Waals surface area contributed by atoms with Crippen LogP contribution in [0.2, 0.25) is 0 Å². The molecule has 0 bridgehead atoms. The highest BCUT2D eigenvalue weighted by atomic mass is 16.7. The summed E-state index contributed by atoms with van der Waals surface area (Å²) in [6, 6.07) is 0. The lowest BCUT2D eigenvalue weighted by atomic mass is 10.1. The van der Waals surface area contributed by atoms with E-state index >= 15 is 0 Å². The summed E-state index contributed by atoms with van der Waals surface area (Å²) in [5, 5.41) is 10.9. The zero-order valence-corrected chi connectivity index (χ0v) is 8.06. The summed E-state index contributed by atoms with van der Waals surface area (Å²) in [5.41, 5.74) is 2.08. The third kappa shape index (κ3) is 3.56. The Morgan fingerprint density at radius 1 is 1.79 bits per heavy atom. The molecule has 7 nitrogen and oxygen atoms in total. The van der Waals surface area contributed by atoms with Gasteiger partial charge in [-0.1, -0.05) is 0 Å². The standard InChI is InChI=1S/C7H15N4O3/c1-8-7(10-11(12)13)9-4-6-2-3-14-5-6/h6H,2-5H2,1H3,(H,12,13)(H2,8,9,10)/q+1/t6-/m0/s1. The number of guanidine groups is 1. The van der Waals surface area contributed by atoms with Crippen LogP contribution in [0.25, 0.3) is 0 Å². The first kappa shape index (κ1) is 10.7. The van der Waals surface area contributed by atoms with Gasteiger partial charge in [-0.25, -0.2) is 5.21 Å². The normalized spacial score (nSPS) is 22.1. The highest BCUT2D eigenvalue weighted by molar-refractivity contribution is 5.78. The molecule has 1 saturated heterocycles. The SMILES string of the molecule is CN=C(NC[C@@H]1CCOC1)N[N+](=O)O. The lowest BCUT2D eigenvalue weighted by Gasteiger charge is -2.08. The largest absolute Gasteiger partial charge is 0.381 e. The Balaban J connectivity index is 2.23. The molecule has 0 saturated carbocycles. The van der Waals surface area contributed by atoms with Crippen molar-refractivity contribution in [2.45, 2.75) is 6.42 Å². The summed E-state index contributed by atoms with van der Waals surface area (Å²) >= 11 is 0. The molecule has 0 aromatic heterocycles. The predicted molar refractivity (Wildman–Crippen MR) is 48.8 cm³/mol. The Morgan fingerprint density at radius 2 is 2.57 bits per heavy atom. The van der Waals surface area contributed by atoms with E-state index in [-0.39, 0.29) is 11.0 Å². The lowest BCUT2D eigenvalue weighted by molar-refractivity contribution is -0.822. The Morgan fingerprint density at radius 3 is 3.07 bits per heavy atom. The maximum atomic E-state index is 10.2. The summed E-state index contributed by atoms with van der Waals surface area (Å²) in [4.78, 5) is 14.0. The maximum Gasteiger partial charge on any atom is 0.362 e. The van der Waals surface area contributed by atoms with E-state index in [9.17, 15) is 4.91 Å². The summed E-state index contributed by atoms with van der Waals surface area (Å²) in [5.74, 6) is 0.682. The topological polar surface area (TPSA) is 86.0 Å². The predicted octanol–water partition coefficient (Wildman–Crippen LogP) is -0.729. The molecule has 1 heterocycles. The van der Waals surface area contributed by atoms with Gasteiger partial charge >= 0.3 is 5.03 Å². The number of ether oxygens (including phenoxy) is 1. The first-order valence-electron chi connectivity index (χ1n) is 4.43. The molecule has 14 heavy (non-hydrogen) atoms. The van der Waals surface area contributed by atoms with Crippen molar-refractivity contribution in [1.82, 2.24) is 10.7 Å². The van der Waals surface area contributed by atoms with E-state index in [1.54, 1.807) is 0 Å². The maximum absolute atomic E-state index is 10.2. The van der Waals surface area contributed by atoms with Gasteiger partial charge in [0.25, 0.3) is 5.96 Å². The summed E-state index contributed by atoms with van der Waals surface area (Å²) in [6.07, 6.45) is 1.00. The van der Waals surface area contributed by atoms with Gasteiger partial charge in [0, 0.05) is 26.1 Å². The Hall–Kier alpha value is -1.37. The average Bonchev–Trinajstić information content (AvgIpc) is 2.64. The van der Waals surface area contributed by atoms with Gasteiger partial charge in [0.1, 0.15) is 4.91 Å². The van der Waals surface area contributed by atoms with Crippen LogP contribution in [-0.4, -0.2) is 43.0 Å². The molecule has 0 spiro atoms. The number of hydrogen-bond acceptors (Lipinski definition) is 3. The van der Waals surface area contributed by atoms with Gasteiger partial charge < -0.3 is 10.1 Å². The second-order valence-electron chi connectivity index (χ2n) is 3.07. The highest BCUT2D eigenvalue weighted by Crippen LogP contribution is 2.10. The van der Waals surface area contributed by atoms with Crippen molar-refractivity contribution in [3.8, 4) is 0 Å². The zero-order valence-electron chi connectivity index (χ0n) is 8.06. The minimum Gasteiger partial charge on any atom is -0.381 e. The van der Waals surface area contributed by atoms with Crippen molar-refractivity contribution in [3.63, 3.8) is 0 Å². The van der Waals surface area contributed by atoms with Crippen LogP contribution in [0, 0.1) is 10.8 Å². The van der Waals surface area contributed by atoms with Crippen molar-refractivity contribution in [2.24, 2.45) is 10.9 Å². The molecule has 1 aliphatic heterocycles. The van der Waals surface area contributed by atoms with Crippen LogP contribution in [0.3, 0.4) is 0 Å². The van der Waals surface area contributed by atoms with Gasteiger partial charge in [0.15, 0.2) is 0 Å². The van der Waals surface area contributed by atoms with Crippen LogP contribution in [0.1, 0.15) is 6.42 Å². The number of rotatable bonds is 3. The molecule has 1 aliphatic rings. The lowest BCUT2D eigenvalue weighted by Crippen LogP contribution is -2.43. The van der Waals surface area contributed by atoms with Crippen LogP contribution in [0.4, 0.5) is 0 Å². The van der Waals surface area contributed by atoms with Gasteiger partial charge in [-0.15, -0.1) is 0 Å². The molecule has 1 atom stereocenters. The van der Waals surface area contributed by atoms with Crippen LogP contribution < -0.4 is 10.7 Å². The molecule has 3 N–H and O–H groups in total. The van der Waals surface area contributed by atoms with Crippen LogP contribution in [0.5, 0.6) is 0 Å². The van der Waals surface area contributed by atoms with Crippen LogP contribution >= 0.6 is 0 Å². The van der Waals surface area contributed by atoms with E-state index in [1.165, 1.54) is 7.05 Å². The van der Waals surface area contributed by atoms with Gasteiger partial charge in [-0.05, 0) is 11.8 Å². The Bertz CT molecular complexity index is 225. The van der Waals surface area contributed by atoms with Gasteiger partial charge in [-0.3, -0.25) is 4.99 Å². The third-order valence-corrected chi connectivity index (χ3v) is 2.01. The van der Waals surface area contributed by atoms with Crippen LogP contribution in [-0.2, 0) is 4.74 Å². The minimum atomic E-state index is -0.388. The molecule has 80 valence electrons. The molecular weight excluding hydrogens is 188 g/mol. The van der Waals surface area contributed by atoms with Crippen molar-refractivity contribution in [2.75, 3.05) is 26.8 Å². The molecule has 0 unspecified atom stereocenters. The molecule has 7 heteroatoms. The summed E-state index contributed by atoms with van der Waals surface area (Å²) < 4.78 is 5.18. The van der Waals surface area contributed by atoms with Crippen LogP contribution in [0.15, 0.2) is 4.99 Å². The summed E-state index contributed by atoms with van der Waals surface area (Å²) in [6.45, 7) is 2.18. The van der Waals surface area contributed by atoms with Gasteiger partial charge in [0.05, 0.1) is 6.61 Å². The molecule has 1 rings (SSSR count). The monoisotopic (exact) mass is 203 g/mol. The smallest absolute Gasteiger partial charge is 0.362 e. The zero-order chi connectivity index (χ0) is 10.4. The molecular formula is C7H15N4O3+. The molecule has 0 radical (unpaired) electrons.